The summed E-state index contributed by atoms with van der Waals surface area (Å²) in [6.45, 7) is 6.60. The summed E-state index contributed by atoms with van der Waals surface area (Å²) in [7, 11) is 1.38. The van der Waals surface area contributed by atoms with E-state index < -0.39 is 23.1 Å². The molecule has 2 amide bonds. The van der Waals surface area contributed by atoms with E-state index in [1.54, 1.807) is 6.92 Å². The SMILES string of the molecule is CCC(CC)CNC(=O)[C@H]1[C@@H]2CC[C@@H](C2)[C@H]1NC(=O)c1cc(OC2CCC(C)(C(=O)O)CC2)c(F)cc1OC. The number of nitrogens with one attached hydrogen (secondary N) is 2. The van der Waals surface area contributed by atoms with Crippen molar-refractivity contribution in [2.75, 3.05) is 13.7 Å². The summed E-state index contributed by atoms with van der Waals surface area (Å²) in [6, 6.07) is 2.22. The summed E-state index contributed by atoms with van der Waals surface area (Å²) in [5, 5.41) is 15.7. The lowest BCUT2D eigenvalue weighted by Crippen LogP contribution is -2.50. The number of carbonyl (C=O) groups is 3. The molecule has 3 aliphatic rings. The van der Waals surface area contributed by atoms with Crippen molar-refractivity contribution in [2.45, 2.75) is 90.7 Å². The highest BCUT2D eigenvalue weighted by Crippen LogP contribution is 2.49. The van der Waals surface area contributed by atoms with Gasteiger partial charge in [-0.1, -0.05) is 26.7 Å². The molecule has 8 nitrogen and oxygen atoms in total. The van der Waals surface area contributed by atoms with Gasteiger partial charge in [0.15, 0.2) is 11.6 Å². The minimum atomic E-state index is -0.835. The smallest absolute Gasteiger partial charge is 0.309 e. The van der Waals surface area contributed by atoms with Gasteiger partial charge in [-0.25, -0.2) is 4.39 Å². The Balaban J connectivity index is 1.47. The van der Waals surface area contributed by atoms with E-state index in [9.17, 15) is 23.9 Å². The molecule has 9 heteroatoms. The highest BCUT2D eigenvalue weighted by atomic mass is 19.1. The maximum absolute atomic E-state index is 14.9. The highest BCUT2D eigenvalue weighted by molar-refractivity contribution is 5.98. The Morgan fingerprint density at radius 2 is 1.74 bits per heavy atom. The zero-order chi connectivity index (χ0) is 28.3. The Hall–Kier alpha value is -2.84. The highest BCUT2D eigenvalue weighted by Gasteiger charge is 2.51. The van der Waals surface area contributed by atoms with Crippen molar-refractivity contribution in [3.05, 3.63) is 23.5 Å². The number of carbonyl (C=O) groups excluding carboxylic acids is 2. The number of amides is 2. The molecule has 1 aromatic carbocycles. The van der Waals surface area contributed by atoms with Crippen LogP contribution in [0.3, 0.4) is 0 Å². The van der Waals surface area contributed by atoms with Gasteiger partial charge in [0, 0.05) is 18.7 Å². The number of benzene rings is 1. The molecule has 4 rings (SSSR count). The van der Waals surface area contributed by atoms with Gasteiger partial charge in [0.05, 0.1) is 30.1 Å². The topological polar surface area (TPSA) is 114 Å². The number of ether oxygens (including phenoxy) is 2. The Kier molecular flexibility index (Phi) is 9.07. The zero-order valence-electron chi connectivity index (χ0n) is 23.6. The lowest BCUT2D eigenvalue weighted by atomic mass is 9.75. The number of fused-ring (bicyclic) bond motifs is 2. The Labute approximate surface area is 230 Å². The van der Waals surface area contributed by atoms with Gasteiger partial charge in [-0.15, -0.1) is 0 Å². The fourth-order valence-electron chi connectivity index (χ4n) is 6.76. The van der Waals surface area contributed by atoms with Crippen LogP contribution in [-0.2, 0) is 9.59 Å². The van der Waals surface area contributed by atoms with Gasteiger partial charge in [-0.2, -0.15) is 0 Å². The number of carboxylic acids is 1. The van der Waals surface area contributed by atoms with E-state index in [2.05, 4.69) is 24.5 Å². The summed E-state index contributed by atoms with van der Waals surface area (Å²) in [5.41, 5.74) is -0.653. The Bertz CT molecular complexity index is 1070. The molecule has 0 saturated heterocycles. The Morgan fingerprint density at radius 1 is 1.08 bits per heavy atom. The van der Waals surface area contributed by atoms with Crippen molar-refractivity contribution >= 4 is 17.8 Å². The second-order valence-corrected chi connectivity index (χ2v) is 12.0. The summed E-state index contributed by atoms with van der Waals surface area (Å²) in [5.74, 6) is -1.23. The fraction of sp³-hybridized carbons (Fsp3) is 0.700. The minimum Gasteiger partial charge on any atom is -0.496 e. The van der Waals surface area contributed by atoms with Crippen LogP contribution in [0.2, 0.25) is 0 Å². The lowest BCUT2D eigenvalue weighted by molar-refractivity contribution is -0.150. The van der Waals surface area contributed by atoms with Gasteiger partial charge in [0.2, 0.25) is 5.91 Å². The first-order valence-corrected chi connectivity index (χ1v) is 14.5. The van der Waals surface area contributed by atoms with Gasteiger partial charge in [-0.3, -0.25) is 14.4 Å². The molecule has 1 aromatic rings. The molecule has 3 saturated carbocycles. The number of rotatable bonds is 11. The second kappa shape index (κ2) is 12.1. The molecular formula is C30H43FN2O6. The van der Waals surface area contributed by atoms with Crippen molar-refractivity contribution in [3.8, 4) is 11.5 Å². The predicted molar refractivity (Wildman–Crippen MR) is 144 cm³/mol. The number of hydrogen-bond donors (Lipinski definition) is 3. The van der Waals surface area contributed by atoms with Gasteiger partial charge in [-0.05, 0) is 75.7 Å². The summed E-state index contributed by atoms with van der Waals surface area (Å²) >= 11 is 0. The number of methoxy groups -OCH3 is 1. The first-order chi connectivity index (χ1) is 18.6. The summed E-state index contributed by atoms with van der Waals surface area (Å²) < 4.78 is 26.2. The van der Waals surface area contributed by atoms with Crippen LogP contribution >= 0.6 is 0 Å². The van der Waals surface area contributed by atoms with Crippen LogP contribution in [0.25, 0.3) is 0 Å². The number of carboxylic acid groups (broad SMARTS) is 1. The van der Waals surface area contributed by atoms with Crippen LogP contribution in [0.15, 0.2) is 12.1 Å². The largest absolute Gasteiger partial charge is 0.496 e. The van der Waals surface area contributed by atoms with Gasteiger partial charge in [0.25, 0.3) is 5.91 Å². The summed E-state index contributed by atoms with van der Waals surface area (Å²) in [6.07, 6.45) is 6.36. The first-order valence-electron chi connectivity index (χ1n) is 14.5. The molecule has 0 aromatic heterocycles. The number of hydrogen-bond acceptors (Lipinski definition) is 5. The normalized spacial score (nSPS) is 29.7. The monoisotopic (exact) mass is 546 g/mol. The third-order valence-electron chi connectivity index (χ3n) is 9.58. The van der Waals surface area contributed by atoms with Crippen molar-refractivity contribution in [1.29, 1.82) is 0 Å². The molecular weight excluding hydrogens is 503 g/mol. The predicted octanol–water partition coefficient (Wildman–Crippen LogP) is 4.94. The van der Waals surface area contributed by atoms with Crippen LogP contribution in [-0.4, -0.2) is 48.7 Å². The second-order valence-electron chi connectivity index (χ2n) is 12.0. The molecule has 0 spiro atoms. The molecule has 39 heavy (non-hydrogen) atoms. The van der Waals surface area contributed by atoms with E-state index in [1.807, 2.05) is 0 Å². The van der Waals surface area contributed by atoms with Crippen LogP contribution < -0.4 is 20.1 Å². The lowest BCUT2D eigenvalue weighted by Gasteiger charge is -2.34. The third-order valence-corrected chi connectivity index (χ3v) is 9.58. The molecule has 0 unspecified atom stereocenters. The molecule has 3 aliphatic carbocycles. The quantitative estimate of drug-likeness (QED) is 0.362. The third kappa shape index (κ3) is 6.17. The zero-order valence-corrected chi connectivity index (χ0v) is 23.6. The van der Waals surface area contributed by atoms with E-state index in [-0.39, 0.29) is 52.9 Å². The standard InChI is InChI=1S/C30H43FN2O6/c1-5-17(6-2)16-32-28(35)25-18-7-8-19(13-18)26(25)33-27(34)21-14-24(22(31)15-23(21)38-4)39-20-9-11-30(3,12-10-20)29(36)37/h14-15,17-20,25-26H,5-13,16H2,1-4H3,(H,32,35)(H,33,34)(H,36,37)/t18-,19+,20?,25+,26-,30?/m1/s1. The van der Waals surface area contributed by atoms with E-state index in [0.29, 0.717) is 38.1 Å². The van der Waals surface area contributed by atoms with Crippen molar-refractivity contribution < 1.29 is 33.4 Å². The minimum absolute atomic E-state index is 0.000142. The van der Waals surface area contributed by atoms with Crippen molar-refractivity contribution in [2.24, 2.45) is 29.1 Å². The van der Waals surface area contributed by atoms with Crippen LogP contribution in [0.4, 0.5) is 4.39 Å². The van der Waals surface area contributed by atoms with Gasteiger partial charge in [0.1, 0.15) is 5.75 Å². The molecule has 4 atom stereocenters. The maximum Gasteiger partial charge on any atom is 0.309 e. The van der Waals surface area contributed by atoms with Gasteiger partial charge >= 0.3 is 5.97 Å². The fourth-order valence-corrected chi connectivity index (χ4v) is 6.76. The Morgan fingerprint density at radius 3 is 2.36 bits per heavy atom. The maximum atomic E-state index is 14.9. The van der Waals surface area contributed by atoms with E-state index in [1.165, 1.54) is 13.2 Å². The first kappa shape index (κ1) is 29.2. The molecule has 3 fully saturated rings. The van der Waals surface area contributed by atoms with E-state index >= 15 is 0 Å². The molecule has 0 heterocycles. The van der Waals surface area contributed by atoms with Crippen molar-refractivity contribution in [3.63, 3.8) is 0 Å². The molecule has 3 N–H and O–H groups in total. The average molecular weight is 547 g/mol. The molecule has 2 bridgehead atoms. The average Bonchev–Trinajstić information content (AvgIpc) is 3.53. The summed E-state index contributed by atoms with van der Waals surface area (Å²) in [4.78, 5) is 38.3. The van der Waals surface area contributed by atoms with E-state index in [4.69, 9.17) is 9.47 Å². The molecule has 216 valence electrons. The van der Waals surface area contributed by atoms with Gasteiger partial charge < -0.3 is 25.2 Å². The van der Waals surface area contributed by atoms with Crippen LogP contribution in [0.1, 0.15) is 88.9 Å². The number of aliphatic carboxylic acids is 1. The number of halogens is 1. The molecule has 0 radical (unpaired) electrons. The van der Waals surface area contributed by atoms with Crippen molar-refractivity contribution in [1.82, 2.24) is 10.6 Å². The van der Waals surface area contributed by atoms with E-state index in [0.717, 1.165) is 38.2 Å². The molecule has 0 aliphatic heterocycles. The van der Waals surface area contributed by atoms with Crippen LogP contribution in [0.5, 0.6) is 11.5 Å². The van der Waals surface area contributed by atoms with Crippen LogP contribution in [0, 0.1) is 34.9 Å².